The highest BCUT2D eigenvalue weighted by Crippen LogP contribution is 2.22. The molecule has 100 valence electrons. The fourth-order valence-corrected chi connectivity index (χ4v) is 1.56. The summed E-state index contributed by atoms with van der Waals surface area (Å²) >= 11 is 3.36. The second-order valence-electron chi connectivity index (χ2n) is 3.46. The van der Waals surface area contributed by atoms with Crippen molar-refractivity contribution < 1.29 is 9.47 Å². The van der Waals surface area contributed by atoms with Crippen LogP contribution in [-0.4, -0.2) is 28.6 Å². The normalized spacial score (nSPS) is 10.1. The van der Waals surface area contributed by atoms with E-state index in [2.05, 4.69) is 36.2 Å². The molecule has 1 heterocycles. The molecule has 0 radical (unpaired) electrons. The molecule has 0 spiro atoms. The van der Waals surface area contributed by atoms with Crippen molar-refractivity contribution in [3.05, 3.63) is 28.7 Å². The van der Waals surface area contributed by atoms with Gasteiger partial charge in [0.15, 0.2) is 0 Å². The Hall–Kier alpha value is -1.89. The highest BCUT2D eigenvalue weighted by Gasteiger charge is 2.08. The third-order valence-electron chi connectivity index (χ3n) is 2.11. The molecule has 0 bridgehead atoms. The van der Waals surface area contributed by atoms with E-state index in [4.69, 9.17) is 9.47 Å². The van der Waals surface area contributed by atoms with Gasteiger partial charge in [0.25, 0.3) is 0 Å². The molecule has 0 fully saturated rings. The number of aromatic nitrogens is 3. The zero-order valence-electron chi connectivity index (χ0n) is 10.6. The summed E-state index contributed by atoms with van der Waals surface area (Å²) in [5.74, 6) is 1.03. The standard InChI is InChI=1S/C12H13BrN4O2/c1-3-18-11-15-10(14-2)16-12(17-11)19-9-6-4-8(13)5-7-9/h4-7H,3H2,1-2H3,(H,14,15,16,17). The zero-order chi connectivity index (χ0) is 13.7. The van der Waals surface area contributed by atoms with Crippen LogP contribution in [0.4, 0.5) is 5.95 Å². The van der Waals surface area contributed by atoms with Crippen molar-refractivity contribution in [1.82, 2.24) is 15.0 Å². The van der Waals surface area contributed by atoms with Gasteiger partial charge in [-0.05, 0) is 31.2 Å². The Morgan fingerprint density at radius 1 is 1.11 bits per heavy atom. The number of ether oxygens (including phenoxy) is 2. The lowest BCUT2D eigenvalue weighted by molar-refractivity contribution is 0.304. The van der Waals surface area contributed by atoms with Crippen LogP contribution in [0.2, 0.25) is 0 Å². The van der Waals surface area contributed by atoms with E-state index < -0.39 is 0 Å². The predicted molar refractivity (Wildman–Crippen MR) is 74.8 cm³/mol. The molecule has 0 unspecified atom stereocenters. The van der Waals surface area contributed by atoms with Gasteiger partial charge in [-0.2, -0.15) is 9.97 Å². The molecular formula is C12H13BrN4O2. The summed E-state index contributed by atoms with van der Waals surface area (Å²) in [6.07, 6.45) is 0. The summed E-state index contributed by atoms with van der Waals surface area (Å²) < 4.78 is 11.8. The maximum atomic E-state index is 5.56. The lowest BCUT2D eigenvalue weighted by Gasteiger charge is -2.07. The van der Waals surface area contributed by atoms with E-state index in [1.807, 2.05) is 31.2 Å². The summed E-state index contributed by atoms with van der Waals surface area (Å²) in [6, 6.07) is 7.79. The third kappa shape index (κ3) is 3.78. The van der Waals surface area contributed by atoms with Crippen LogP contribution in [0.25, 0.3) is 0 Å². The first-order chi connectivity index (χ1) is 9.21. The summed E-state index contributed by atoms with van der Waals surface area (Å²) in [6.45, 7) is 2.34. The van der Waals surface area contributed by atoms with Crippen molar-refractivity contribution in [2.45, 2.75) is 6.92 Å². The van der Waals surface area contributed by atoms with Gasteiger partial charge < -0.3 is 14.8 Å². The Kier molecular flexibility index (Phi) is 4.51. The number of anilines is 1. The van der Waals surface area contributed by atoms with Gasteiger partial charge in [0.2, 0.25) is 5.95 Å². The molecule has 0 saturated carbocycles. The molecule has 0 aliphatic rings. The summed E-state index contributed by atoms with van der Waals surface area (Å²) in [4.78, 5) is 12.2. The van der Waals surface area contributed by atoms with E-state index in [9.17, 15) is 0 Å². The summed E-state index contributed by atoms with van der Waals surface area (Å²) in [5, 5.41) is 2.83. The highest BCUT2D eigenvalue weighted by molar-refractivity contribution is 9.10. The molecule has 19 heavy (non-hydrogen) atoms. The average Bonchev–Trinajstić information content (AvgIpc) is 2.41. The van der Waals surface area contributed by atoms with Gasteiger partial charge >= 0.3 is 12.0 Å². The van der Waals surface area contributed by atoms with Crippen molar-refractivity contribution in [2.75, 3.05) is 19.0 Å². The lowest BCUT2D eigenvalue weighted by atomic mass is 10.3. The summed E-state index contributed by atoms with van der Waals surface area (Å²) in [5.41, 5.74) is 0. The maximum absolute atomic E-state index is 5.56. The van der Waals surface area contributed by atoms with Crippen molar-refractivity contribution in [1.29, 1.82) is 0 Å². The fourth-order valence-electron chi connectivity index (χ4n) is 1.30. The number of hydrogen-bond donors (Lipinski definition) is 1. The van der Waals surface area contributed by atoms with Gasteiger partial charge in [0.1, 0.15) is 5.75 Å². The first-order valence-corrected chi connectivity index (χ1v) is 6.50. The van der Waals surface area contributed by atoms with Crippen molar-refractivity contribution >= 4 is 21.9 Å². The predicted octanol–water partition coefficient (Wildman–Crippen LogP) is 2.87. The van der Waals surface area contributed by atoms with Gasteiger partial charge in [-0.1, -0.05) is 15.9 Å². The largest absolute Gasteiger partial charge is 0.464 e. The van der Waals surface area contributed by atoms with Gasteiger partial charge in [-0.25, -0.2) is 0 Å². The van der Waals surface area contributed by atoms with Crippen molar-refractivity contribution in [3.63, 3.8) is 0 Å². The van der Waals surface area contributed by atoms with E-state index in [0.717, 1.165) is 4.47 Å². The number of benzene rings is 1. The first kappa shape index (κ1) is 13.5. The van der Waals surface area contributed by atoms with Crippen LogP contribution in [0, 0.1) is 0 Å². The van der Waals surface area contributed by atoms with Crippen LogP contribution < -0.4 is 14.8 Å². The third-order valence-corrected chi connectivity index (χ3v) is 2.64. The molecule has 0 aliphatic heterocycles. The second kappa shape index (κ2) is 6.33. The van der Waals surface area contributed by atoms with Gasteiger partial charge in [-0.15, -0.1) is 4.98 Å². The lowest BCUT2D eigenvalue weighted by Crippen LogP contribution is -2.05. The van der Waals surface area contributed by atoms with E-state index >= 15 is 0 Å². The molecule has 1 aromatic heterocycles. The topological polar surface area (TPSA) is 69.2 Å². The minimum Gasteiger partial charge on any atom is -0.464 e. The second-order valence-corrected chi connectivity index (χ2v) is 4.38. The fraction of sp³-hybridized carbons (Fsp3) is 0.250. The Balaban J connectivity index is 2.23. The van der Waals surface area contributed by atoms with Crippen molar-refractivity contribution in [2.24, 2.45) is 0 Å². The maximum Gasteiger partial charge on any atom is 0.330 e. The molecular weight excluding hydrogens is 312 g/mol. The molecule has 1 aromatic carbocycles. The van der Waals surface area contributed by atoms with E-state index in [1.165, 1.54) is 0 Å². The van der Waals surface area contributed by atoms with E-state index in [1.54, 1.807) is 7.05 Å². The Bertz CT molecular complexity index is 548. The molecule has 2 aromatic rings. The quantitative estimate of drug-likeness (QED) is 0.912. The molecule has 7 heteroatoms. The number of rotatable bonds is 5. The number of hydrogen-bond acceptors (Lipinski definition) is 6. The van der Waals surface area contributed by atoms with E-state index in [0.29, 0.717) is 18.3 Å². The van der Waals surface area contributed by atoms with Gasteiger partial charge in [0.05, 0.1) is 6.61 Å². The Morgan fingerprint density at radius 3 is 2.42 bits per heavy atom. The minimum atomic E-state index is 0.185. The number of nitrogens with one attached hydrogen (secondary N) is 1. The Morgan fingerprint density at radius 2 is 1.79 bits per heavy atom. The monoisotopic (exact) mass is 324 g/mol. The first-order valence-electron chi connectivity index (χ1n) is 5.71. The minimum absolute atomic E-state index is 0.185. The number of halogens is 1. The molecule has 2 rings (SSSR count). The molecule has 1 N–H and O–H groups in total. The molecule has 0 atom stereocenters. The average molecular weight is 325 g/mol. The summed E-state index contributed by atoms with van der Waals surface area (Å²) in [7, 11) is 1.72. The SMILES string of the molecule is CCOc1nc(NC)nc(Oc2ccc(Br)cc2)n1. The van der Waals surface area contributed by atoms with Crippen LogP contribution in [0.5, 0.6) is 17.8 Å². The Labute approximate surface area is 119 Å². The number of nitrogens with zero attached hydrogens (tertiary/aromatic N) is 3. The highest BCUT2D eigenvalue weighted by atomic mass is 79.9. The van der Waals surface area contributed by atoms with Crippen LogP contribution >= 0.6 is 15.9 Å². The van der Waals surface area contributed by atoms with Crippen LogP contribution in [-0.2, 0) is 0 Å². The van der Waals surface area contributed by atoms with Crippen LogP contribution in [0.1, 0.15) is 6.92 Å². The van der Waals surface area contributed by atoms with E-state index in [-0.39, 0.29) is 12.0 Å². The van der Waals surface area contributed by atoms with Gasteiger partial charge in [0, 0.05) is 11.5 Å². The van der Waals surface area contributed by atoms with Crippen LogP contribution in [0.15, 0.2) is 28.7 Å². The molecule has 0 amide bonds. The molecule has 0 saturated heterocycles. The van der Waals surface area contributed by atoms with Crippen LogP contribution in [0.3, 0.4) is 0 Å². The van der Waals surface area contributed by atoms with Crippen molar-refractivity contribution in [3.8, 4) is 17.8 Å². The molecule has 6 nitrogen and oxygen atoms in total. The zero-order valence-corrected chi connectivity index (χ0v) is 12.1. The molecule has 0 aliphatic carbocycles. The smallest absolute Gasteiger partial charge is 0.330 e. The van der Waals surface area contributed by atoms with Gasteiger partial charge in [-0.3, -0.25) is 0 Å².